The van der Waals surface area contributed by atoms with Crippen molar-refractivity contribution in [2.45, 2.75) is 51.2 Å². The van der Waals surface area contributed by atoms with Crippen LogP contribution in [0.5, 0.6) is 0 Å². The van der Waals surface area contributed by atoms with Crippen LogP contribution in [0.2, 0.25) is 0 Å². The van der Waals surface area contributed by atoms with Crippen molar-refractivity contribution in [1.29, 1.82) is 5.41 Å². The lowest BCUT2D eigenvalue weighted by atomic mass is 10.2. The van der Waals surface area contributed by atoms with Crippen molar-refractivity contribution in [1.82, 2.24) is 0 Å². The van der Waals surface area contributed by atoms with Gasteiger partial charge in [0, 0.05) is 11.7 Å². The van der Waals surface area contributed by atoms with Gasteiger partial charge in [-0.3, -0.25) is 5.41 Å². The Balaban J connectivity index is 3.42. The molecule has 0 saturated heterocycles. The fourth-order valence-electron chi connectivity index (χ4n) is 1.17. The molecule has 0 radical (unpaired) electrons. The summed E-state index contributed by atoms with van der Waals surface area (Å²) in [4.78, 5) is 0. The van der Waals surface area contributed by atoms with E-state index in [1.54, 1.807) is 0 Å². The third-order valence-corrected chi connectivity index (χ3v) is 3.50. The summed E-state index contributed by atoms with van der Waals surface area (Å²) in [6.07, 6.45) is 5.78. The molecule has 0 saturated carbocycles. The van der Waals surface area contributed by atoms with Gasteiger partial charge in [-0.05, 0) is 18.6 Å². The largest absolute Gasteiger partial charge is 0.388 e. The summed E-state index contributed by atoms with van der Waals surface area (Å²) >= 11 is 1.97. The van der Waals surface area contributed by atoms with Gasteiger partial charge >= 0.3 is 0 Å². The van der Waals surface area contributed by atoms with Gasteiger partial charge in [-0.1, -0.05) is 26.7 Å². The van der Waals surface area contributed by atoms with Crippen molar-refractivity contribution in [3.63, 3.8) is 0 Å². The van der Waals surface area contributed by atoms with Gasteiger partial charge in [0.2, 0.25) is 0 Å². The molecule has 0 aromatic rings. The first-order valence-corrected chi connectivity index (χ1v) is 6.20. The van der Waals surface area contributed by atoms with Gasteiger partial charge in [0.05, 0.1) is 5.84 Å². The highest BCUT2D eigenvalue weighted by Crippen LogP contribution is 2.19. The van der Waals surface area contributed by atoms with Crippen molar-refractivity contribution in [2.24, 2.45) is 5.73 Å². The van der Waals surface area contributed by atoms with Gasteiger partial charge in [0.25, 0.3) is 0 Å². The normalized spacial score (nSPS) is 12.8. The molecule has 0 aromatic heterocycles. The van der Waals surface area contributed by atoms with E-state index < -0.39 is 0 Å². The Labute approximate surface area is 86.2 Å². The Morgan fingerprint density at radius 1 is 1.38 bits per heavy atom. The molecule has 0 aliphatic rings. The zero-order chi connectivity index (χ0) is 10.1. The van der Waals surface area contributed by atoms with Crippen LogP contribution in [0.1, 0.15) is 46.0 Å². The minimum atomic E-state index is 0.329. The lowest BCUT2D eigenvalue weighted by Gasteiger charge is -2.12. The van der Waals surface area contributed by atoms with Crippen molar-refractivity contribution in [3.05, 3.63) is 0 Å². The van der Waals surface area contributed by atoms with Crippen LogP contribution in [-0.4, -0.2) is 16.8 Å². The average molecular weight is 202 g/mol. The Morgan fingerprint density at radius 3 is 2.54 bits per heavy atom. The van der Waals surface area contributed by atoms with Crippen LogP contribution < -0.4 is 5.73 Å². The molecular formula is C10H22N2S. The molecular weight excluding hydrogens is 180 g/mol. The maximum absolute atomic E-state index is 7.21. The summed E-state index contributed by atoms with van der Waals surface area (Å²) < 4.78 is 0. The highest BCUT2D eigenvalue weighted by molar-refractivity contribution is 7.99. The summed E-state index contributed by atoms with van der Waals surface area (Å²) in [7, 11) is 0. The fourth-order valence-corrected chi connectivity index (χ4v) is 2.41. The van der Waals surface area contributed by atoms with E-state index in [0.717, 1.165) is 12.8 Å². The average Bonchev–Trinajstić information content (AvgIpc) is 2.09. The summed E-state index contributed by atoms with van der Waals surface area (Å²) in [5, 5.41) is 7.77. The Morgan fingerprint density at radius 2 is 2.08 bits per heavy atom. The number of hydrogen-bond acceptors (Lipinski definition) is 2. The van der Waals surface area contributed by atoms with Gasteiger partial charge < -0.3 is 5.73 Å². The molecule has 3 heteroatoms. The summed E-state index contributed by atoms with van der Waals surface area (Å²) in [6.45, 7) is 4.39. The number of rotatable bonds is 8. The second-order valence-corrected chi connectivity index (χ2v) is 4.75. The van der Waals surface area contributed by atoms with E-state index in [9.17, 15) is 0 Å². The minimum Gasteiger partial charge on any atom is -0.388 e. The highest BCUT2D eigenvalue weighted by Gasteiger charge is 2.07. The molecule has 0 spiro atoms. The van der Waals surface area contributed by atoms with Crippen LogP contribution in [0.4, 0.5) is 0 Å². The van der Waals surface area contributed by atoms with Gasteiger partial charge in [-0.25, -0.2) is 0 Å². The monoisotopic (exact) mass is 202 g/mol. The number of amidine groups is 1. The number of unbranched alkanes of at least 4 members (excludes halogenated alkanes) is 2. The minimum absolute atomic E-state index is 0.329. The molecule has 0 aromatic carbocycles. The molecule has 78 valence electrons. The maximum atomic E-state index is 7.21. The van der Waals surface area contributed by atoms with Crippen molar-refractivity contribution >= 4 is 17.6 Å². The van der Waals surface area contributed by atoms with Crippen LogP contribution in [0.25, 0.3) is 0 Å². The zero-order valence-corrected chi connectivity index (χ0v) is 9.62. The van der Waals surface area contributed by atoms with Crippen molar-refractivity contribution in [2.75, 3.05) is 5.75 Å². The summed E-state index contributed by atoms with van der Waals surface area (Å²) in [5.41, 5.74) is 5.37. The molecule has 0 heterocycles. The van der Waals surface area contributed by atoms with Gasteiger partial charge in [0.1, 0.15) is 0 Å². The highest BCUT2D eigenvalue weighted by atomic mass is 32.2. The lowest BCUT2D eigenvalue weighted by Crippen LogP contribution is -2.17. The van der Waals surface area contributed by atoms with Crippen molar-refractivity contribution < 1.29 is 0 Å². The first-order chi connectivity index (χ1) is 6.20. The third kappa shape index (κ3) is 8.16. The smallest absolute Gasteiger partial charge is 0.0916 e. The van der Waals surface area contributed by atoms with Crippen molar-refractivity contribution in [3.8, 4) is 0 Å². The Kier molecular flexibility index (Phi) is 8.30. The standard InChI is InChI=1S/C10H22N2S/c1-3-5-6-7-13-9(4-2)8-10(11)12/h9H,3-8H2,1-2H3,(H3,11,12). The molecule has 3 N–H and O–H groups in total. The number of nitrogens with one attached hydrogen (secondary N) is 1. The third-order valence-electron chi connectivity index (χ3n) is 2.00. The van der Waals surface area contributed by atoms with Crippen LogP contribution in [0, 0.1) is 5.41 Å². The maximum Gasteiger partial charge on any atom is 0.0916 e. The van der Waals surface area contributed by atoms with Gasteiger partial charge in [-0.2, -0.15) is 11.8 Å². The van der Waals surface area contributed by atoms with Gasteiger partial charge in [-0.15, -0.1) is 0 Å². The Bertz CT molecular complexity index is 137. The number of thioether (sulfide) groups is 1. The molecule has 0 rings (SSSR count). The molecule has 0 fully saturated rings. The Hall–Kier alpha value is -0.180. The topological polar surface area (TPSA) is 49.9 Å². The predicted octanol–water partition coefficient (Wildman–Crippen LogP) is 3.01. The second-order valence-electron chi connectivity index (χ2n) is 3.34. The van der Waals surface area contributed by atoms with Crippen LogP contribution in [0.3, 0.4) is 0 Å². The van der Waals surface area contributed by atoms with Gasteiger partial charge in [0.15, 0.2) is 0 Å². The summed E-state index contributed by atoms with van der Waals surface area (Å²) in [6, 6.07) is 0. The van der Waals surface area contributed by atoms with E-state index in [-0.39, 0.29) is 0 Å². The van der Waals surface area contributed by atoms with E-state index in [2.05, 4.69) is 13.8 Å². The molecule has 2 nitrogen and oxygen atoms in total. The zero-order valence-electron chi connectivity index (χ0n) is 8.81. The lowest BCUT2D eigenvalue weighted by molar-refractivity contribution is 0.773. The molecule has 0 bridgehead atoms. The van der Waals surface area contributed by atoms with Crippen LogP contribution in [-0.2, 0) is 0 Å². The van der Waals surface area contributed by atoms with Crippen LogP contribution >= 0.6 is 11.8 Å². The molecule has 0 amide bonds. The first kappa shape index (κ1) is 12.8. The number of hydrogen-bond donors (Lipinski definition) is 2. The number of nitrogens with two attached hydrogens (primary N) is 1. The second kappa shape index (κ2) is 8.42. The van der Waals surface area contributed by atoms with E-state index >= 15 is 0 Å². The molecule has 1 atom stereocenters. The van der Waals surface area contributed by atoms with Crippen LogP contribution in [0.15, 0.2) is 0 Å². The SMILES string of the molecule is CCCCCSC(CC)CC(=N)N. The molecule has 0 aliphatic carbocycles. The molecule has 0 aliphatic heterocycles. The van der Waals surface area contributed by atoms with E-state index in [1.165, 1.54) is 25.0 Å². The molecule has 13 heavy (non-hydrogen) atoms. The van der Waals surface area contributed by atoms with E-state index in [1.807, 2.05) is 11.8 Å². The quantitative estimate of drug-likeness (QED) is 0.361. The fraction of sp³-hybridized carbons (Fsp3) is 0.900. The van der Waals surface area contributed by atoms with E-state index in [4.69, 9.17) is 11.1 Å². The summed E-state index contributed by atoms with van der Waals surface area (Å²) in [5.74, 6) is 1.55. The first-order valence-electron chi connectivity index (χ1n) is 5.15. The van der Waals surface area contributed by atoms with E-state index in [0.29, 0.717) is 11.1 Å². The predicted molar refractivity (Wildman–Crippen MR) is 62.6 cm³/mol. The molecule has 1 unspecified atom stereocenters.